The number of rotatable bonds is 3. The highest BCUT2D eigenvalue weighted by atomic mass is 35.5. The normalized spacial score (nSPS) is 10.9. The molecule has 0 saturated carbocycles. The van der Waals surface area contributed by atoms with Gasteiger partial charge in [-0.1, -0.05) is 35.7 Å². The molecule has 0 unspecified atom stereocenters. The molecule has 0 aliphatic carbocycles. The van der Waals surface area contributed by atoms with Crippen LogP contribution in [0.25, 0.3) is 0 Å². The van der Waals surface area contributed by atoms with Crippen molar-refractivity contribution >= 4 is 17.6 Å². The molecular weight excluding hydrogens is 328 g/mol. The molecule has 1 N–H and O–H groups in total. The first kappa shape index (κ1) is 18.1. The fourth-order valence-corrected chi connectivity index (χ4v) is 2.28. The zero-order chi connectivity index (χ0) is 17.9. The second kappa shape index (κ2) is 7.08. The zero-order valence-corrected chi connectivity index (χ0v) is 14.8. The smallest absolute Gasteiger partial charge is 0.357 e. The lowest BCUT2D eigenvalue weighted by Gasteiger charge is -2.09. The Morgan fingerprint density at radius 1 is 1.38 bits per heavy atom. The first-order valence-electron chi connectivity index (χ1n) is 7.36. The molecule has 24 heavy (non-hydrogen) atoms. The molecule has 0 radical (unpaired) electrons. The van der Waals surface area contributed by atoms with E-state index in [2.05, 4.69) is 16.8 Å². The molecule has 0 spiro atoms. The molecule has 1 aromatic heterocycles. The van der Waals surface area contributed by atoms with Gasteiger partial charge in [-0.15, -0.1) is 0 Å². The molecule has 0 saturated heterocycles. The fourth-order valence-electron chi connectivity index (χ4n) is 2.05. The number of imidazole rings is 1. The van der Waals surface area contributed by atoms with Crippen LogP contribution in [0, 0.1) is 18.8 Å². The van der Waals surface area contributed by atoms with Gasteiger partial charge in [-0.2, -0.15) is 0 Å². The lowest BCUT2D eigenvalue weighted by Crippen LogP contribution is -2.15. The number of nitrogens with zero attached hydrogens (tertiary/aromatic N) is 2. The largest absolute Gasteiger partial charge is 0.464 e. The SMILES string of the molecule is COC(=O)c1c(C#CC(C)(C)O)nc(Cl)n1Cc1ccc(C)cc1. The van der Waals surface area contributed by atoms with Crippen LogP contribution < -0.4 is 0 Å². The van der Waals surface area contributed by atoms with Crippen LogP contribution in [0.15, 0.2) is 24.3 Å². The van der Waals surface area contributed by atoms with Crippen LogP contribution in [-0.2, 0) is 11.3 Å². The van der Waals surface area contributed by atoms with E-state index in [1.807, 2.05) is 31.2 Å². The van der Waals surface area contributed by atoms with Crippen molar-refractivity contribution in [1.82, 2.24) is 9.55 Å². The number of aryl methyl sites for hydroxylation is 1. The van der Waals surface area contributed by atoms with E-state index in [1.165, 1.54) is 7.11 Å². The number of ether oxygens (including phenoxy) is 1. The van der Waals surface area contributed by atoms with Gasteiger partial charge in [0.25, 0.3) is 0 Å². The number of carbonyl (C=O) groups is 1. The highest BCUT2D eigenvalue weighted by Gasteiger charge is 2.22. The van der Waals surface area contributed by atoms with Crippen molar-refractivity contribution in [2.75, 3.05) is 7.11 Å². The Balaban J connectivity index is 2.50. The highest BCUT2D eigenvalue weighted by Crippen LogP contribution is 2.19. The minimum Gasteiger partial charge on any atom is -0.464 e. The molecule has 0 atom stereocenters. The predicted octanol–water partition coefficient (Wildman–Crippen LogP) is 2.80. The highest BCUT2D eigenvalue weighted by molar-refractivity contribution is 6.28. The number of methoxy groups -OCH3 is 1. The van der Waals surface area contributed by atoms with Gasteiger partial charge >= 0.3 is 5.97 Å². The van der Waals surface area contributed by atoms with Gasteiger partial charge < -0.3 is 14.4 Å². The molecule has 0 aliphatic heterocycles. The number of halogens is 1. The van der Waals surface area contributed by atoms with Gasteiger partial charge in [-0.3, -0.25) is 0 Å². The number of carbonyl (C=O) groups excluding carboxylic acids is 1. The number of benzene rings is 1. The summed E-state index contributed by atoms with van der Waals surface area (Å²) in [4.78, 5) is 16.3. The van der Waals surface area contributed by atoms with Crippen LogP contribution in [0.2, 0.25) is 5.28 Å². The molecule has 0 fully saturated rings. The van der Waals surface area contributed by atoms with Crippen molar-refractivity contribution in [3.8, 4) is 11.8 Å². The Morgan fingerprint density at radius 3 is 2.54 bits per heavy atom. The number of hydrogen-bond donors (Lipinski definition) is 1. The summed E-state index contributed by atoms with van der Waals surface area (Å²) in [5.41, 5.74) is 1.24. The zero-order valence-electron chi connectivity index (χ0n) is 14.1. The number of aromatic nitrogens is 2. The second-order valence-electron chi connectivity index (χ2n) is 5.95. The number of aliphatic hydroxyl groups is 1. The second-order valence-corrected chi connectivity index (χ2v) is 6.29. The molecule has 126 valence electrons. The van der Waals surface area contributed by atoms with Gasteiger partial charge in [0.2, 0.25) is 5.28 Å². The van der Waals surface area contributed by atoms with Crippen molar-refractivity contribution < 1.29 is 14.6 Å². The van der Waals surface area contributed by atoms with E-state index in [9.17, 15) is 9.90 Å². The molecule has 0 aliphatic rings. The van der Waals surface area contributed by atoms with Crippen molar-refractivity contribution in [2.45, 2.75) is 32.9 Å². The average Bonchev–Trinajstić information content (AvgIpc) is 2.82. The molecule has 2 aromatic rings. The maximum atomic E-state index is 12.2. The molecule has 1 aromatic carbocycles. The van der Waals surface area contributed by atoms with Gasteiger partial charge in [0.15, 0.2) is 5.69 Å². The van der Waals surface area contributed by atoms with Crippen LogP contribution in [-0.4, -0.2) is 33.3 Å². The maximum absolute atomic E-state index is 12.2. The number of esters is 1. The van der Waals surface area contributed by atoms with Gasteiger partial charge in [0, 0.05) is 0 Å². The van der Waals surface area contributed by atoms with Crippen molar-refractivity contribution in [3.05, 3.63) is 52.1 Å². The van der Waals surface area contributed by atoms with Crippen LogP contribution in [0.3, 0.4) is 0 Å². The van der Waals surface area contributed by atoms with Crippen molar-refractivity contribution in [1.29, 1.82) is 0 Å². The summed E-state index contributed by atoms with van der Waals surface area (Å²) in [7, 11) is 1.28. The first-order chi connectivity index (χ1) is 11.2. The summed E-state index contributed by atoms with van der Waals surface area (Å²) in [5, 5.41) is 9.88. The maximum Gasteiger partial charge on any atom is 0.357 e. The molecular formula is C18H19ClN2O3. The van der Waals surface area contributed by atoms with Crippen molar-refractivity contribution in [2.24, 2.45) is 0 Å². The van der Waals surface area contributed by atoms with Crippen LogP contribution in [0.1, 0.15) is 41.2 Å². The van der Waals surface area contributed by atoms with Crippen LogP contribution in [0.5, 0.6) is 0 Å². The Labute approximate surface area is 146 Å². The third kappa shape index (κ3) is 4.38. The molecule has 2 rings (SSSR count). The summed E-state index contributed by atoms with van der Waals surface area (Å²) < 4.78 is 6.38. The summed E-state index contributed by atoms with van der Waals surface area (Å²) in [6.45, 7) is 5.45. The molecule has 6 heteroatoms. The standard InChI is InChI=1S/C18H19ClN2O3/c1-12-5-7-13(8-6-12)11-21-15(16(22)24-4)14(20-17(21)19)9-10-18(2,3)23/h5-8,23H,11H2,1-4H3. The van der Waals surface area contributed by atoms with E-state index in [0.717, 1.165) is 11.1 Å². The molecule has 0 bridgehead atoms. The fraction of sp³-hybridized carbons (Fsp3) is 0.333. The summed E-state index contributed by atoms with van der Waals surface area (Å²) in [6, 6.07) is 7.86. The van der Waals surface area contributed by atoms with E-state index >= 15 is 0 Å². The summed E-state index contributed by atoms with van der Waals surface area (Å²) in [5.74, 6) is 4.76. The van der Waals surface area contributed by atoms with Crippen LogP contribution >= 0.6 is 11.6 Å². The Bertz CT molecular complexity index is 806. The number of hydrogen-bond acceptors (Lipinski definition) is 4. The third-order valence-electron chi connectivity index (χ3n) is 3.25. The minimum atomic E-state index is -1.21. The van der Waals surface area contributed by atoms with E-state index in [-0.39, 0.29) is 16.7 Å². The molecule has 5 nitrogen and oxygen atoms in total. The molecule has 0 amide bonds. The Hall–Kier alpha value is -2.29. The van der Waals surface area contributed by atoms with E-state index in [0.29, 0.717) is 6.54 Å². The quantitative estimate of drug-likeness (QED) is 0.685. The lowest BCUT2D eigenvalue weighted by molar-refractivity contribution is 0.0588. The van der Waals surface area contributed by atoms with Gasteiger partial charge in [-0.25, -0.2) is 9.78 Å². The third-order valence-corrected chi connectivity index (χ3v) is 3.54. The summed E-state index contributed by atoms with van der Waals surface area (Å²) in [6.07, 6.45) is 0. The Morgan fingerprint density at radius 2 is 2.00 bits per heavy atom. The van der Waals surface area contributed by atoms with E-state index in [1.54, 1.807) is 18.4 Å². The summed E-state index contributed by atoms with van der Waals surface area (Å²) >= 11 is 6.20. The first-order valence-corrected chi connectivity index (χ1v) is 7.74. The van der Waals surface area contributed by atoms with Crippen molar-refractivity contribution in [3.63, 3.8) is 0 Å². The van der Waals surface area contributed by atoms with E-state index < -0.39 is 11.6 Å². The minimum absolute atomic E-state index is 0.135. The average molecular weight is 347 g/mol. The van der Waals surface area contributed by atoms with Crippen LogP contribution in [0.4, 0.5) is 0 Å². The van der Waals surface area contributed by atoms with E-state index in [4.69, 9.17) is 16.3 Å². The predicted molar refractivity (Wildman–Crippen MR) is 92.0 cm³/mol. The Kier molecular flexibility index (Phi) is 5.33. The molecule has 1 heterocycles. The van der Waals surface area contributed by atoms with Gasteiger partial charge in [0.1, 0.15) is 11.3 Å². The van der Waals surface area contributed by atoms with Gasteiger partial charge in [-0.05, 0) is 43.9 Å². The monoisotopic (exact) mass is 346 g/mol. The van der Waals surface area contributed by atoms with Gasteiger partial charge in [0.05, 0.1) is 13.7 Å². The topological polar surface area (TPSA) is 64.3 Å². The lowest BCUT2D eigenvalue weighted by atomic mass is 10.1.